The highest BCUT2D eigenvalue weighted by molar-refractivity contribution is 7.91. The van der Waals surface area contributed by atoms with Crippen molar-refractivity contribution in [3.8, 4) is 0 Å². The summed E-state index contributed by atoms with van der Waals surface area (Å²) in [5, 5.41) is 23.8. The average Bonchev–Trinajstić information content (AvgIpc) is 3.40. The molecule has 212 valence electrons. The van der Waals surface area contributed by atoms with Gasteiger partial charge in [-0.25, -0.2) is 9.59 Å². The zero-order valence-corrected chi connectivity index (χ0v) is 24.2. The lowest BCUT2D eigenvalue weighted by atomic mass is 9.79. The maximum Gasteiger partial charge on any atom is 0.334 e. The Kier molecular flexibility index (Phi) is 9.48. The van der Waals surface area contributed by atoms with E-state index in [-0.39, 0.29) is 62.3 Å². The van der Waals surface area contributed by atoms with E-state index in [1.807, 2.05) is 19.0 Å². The Morgan fingerprint density at radius 1 is 1.00 bits per heavy atom. The fourth-order valence-corrected chi connectivity index (χ4v) is 6.82. The van der Waals surface area contributed by atoms with E-state index in [0.29, 0.717) is 18.0 Å². The number of rotatable bonds is 9. The molecular formula is C28H29Cl2N3O6S. The van der Waals surface area contributed by atoms with E-state index in [4.69, 9.17) is 23.2 Å². The highest BCUT2D eigenvalue weighted by atomic mass is 35.5. The summed E-state index contributed by atoms with van der Waals surface area (Å²) in [5.74, 6) is -4.84. The van der Waals surface area contributed by atoms with Crippen LogP contribution in [-0.2, 0) is 25.6 Å². The quantitative estimate of drug-likeness (QED) is 0.368. The predicted molar refractivity (Wildman–Crippen MR) is 153 cm³/mol. The van der Waals surface area contributed by atoms with E-state index in [9.17, 15) is 29.1 Å². The average molecular weight is 607 g/mol. The number of halogens is 2. The van der Waals surface area contributed by atoms with Crippen molar-refractivity contribution in [2.75, 3.05) is 32.9 Å². The molecule has 0 aromatic heterocycles. The largest absolute Gasteiger partial charge is 0.611 e. The Hall–Kier alpha value is -3.02. The van der Waals surface area contributed by atoms with E-state index < -0.39 is 29.0 Å². The van der Waals surface area contributed by atoms with Gasteiger partial charge < -0.3 is 29.9 Å². The van der Waals surface area contributed by atoms with Crippen LogP contribution >= 0.6 is 23.2 Å². The van der Waals surface area contributed by atoms with E-state index >= 15 is 0 Å². The molecule has 0 spiro atoms. The first-order chi connectivity index (χ1) is 19.0. The van der Waals surface area contributed by atoms with Gasteiger partial charge in [-0.15, -0.1) is 0 Å². The van der Waals surface area contributed by atoms with Crippen LogP contribution in [-0.4, -0.2) is 81.4 Å². The van der Waals surface area contributed by atoms with Gasteiger partial charge in [0.15, 0.2) is 10.6 Å². The van der Waals surface area contributed by atoms with Crippen LogP contribution in [0.15, 0.2) is 76.0 Å². The third kappa shape index (κ3) is 6.31. The van der Waals surface area contributed by atoms with Crippen molar-refractivity contribution in [3.05, 3.63) is 86.7 Å². The molecule has 2 aliphatic heterocycles. The van der Waals surface area contributed by atoms with Gasteiger partial charge in [-0.1, -0.05) is 47.5 Å². The molecule has 0 saturated carbocycles. The first-order valence-corrected chi connectivity index (χ1v) is 14.6. The van der Waals surface area contributed by atoms with Crippen molar-refractivity contribution >= 4 is 52.2 Å². The van der Waals surface area contributed by atoms with Crippen LogP contribution in [0.5, 0.6) is 0 Å². The number of likely N-dealkylation sites (N-methyl/N-ethyl adjacent to an activating group) is 1. The summed E-state index contributed by atoms with van der Waals surface area (Å²) in [7, 11) is 3.86. The number of hydrogen-bond acceptors (Lipinski definition) is 6. The number of carboxylic acid groups (broad SMARTS) is 2. The van der Waals surface area contributed by atoms with Crippen LogP contribution in [0.1, 0.15) is 24.3 Å². The van der Waals surface area contributed by atoms with Gasteiger partial charge in [0.2, 0.25) is 5.91 Å². The maximum absolute atomic E-state index is 13.4. The molecule has 0 radical (unpaired) electrons. The molecule has 1 fully saturated rings. The third-order valence-corrected chi connectivity index (χ3v) is 9.14. The minimum Gasteiger partial charge on any atom is -0.611 e. The number of carboxylic acids is 2. The minimum absolute atomic E-state index is 0.0110. The topological polar surface area (TPSA) is 133 Å². The Morgan fingerprint density at radius 2 is 1.60 bits per heavy atom. The number of carbonyl (C=O) groups is 3. The number of benzene rings is 2. The zero-order valence-electron chi connectivity index (χ0n) is 21.9. The van der Waals surface area contributed by atoms with E-state index in [1.165, 1.54) is 12.1 Å². The Labute approximate surface area is 245 Å². The Bertz CT molecular complexity index is 1360. The zero-order chi connectivity index (χ0) is 29.1. The molecular weight excluding hydrogens is 577 g/mol. The van der Waals surface area contributed by atoms with Crippen molar-refractivity contribution in [3.63, 3.8) is 0 Å². The van der Waals surface area contributed by atoms with Gasteiger partial charge >= 0.3 is 11.9 Å². The number of carbonyl (C=O) groups excluding carboxylic acids is 1. The third-order valence-electron chi connectivity index (χ3n) is 7.13. The number of hydrogen-bond donors (Lipinski definition) is 3. The summed E-state index contributed by atoms with van der Waals surface area (Å²) in [6.07, 6.45) is 0.452. The summed E-state index contributed by atoms with van der Waals surface area (Å²) >= 11 is 11.3. The van der Waals surface area contributed by atoms with E-state index in [0.717, 1.165) is 6.42 Å². The molecule has 1 saturated heterocycles. The fraction of sp³-hybridized carbons (Fsp3) is 0.321. The molecule has 1 amide bonds. The van der Waals surface area contributed by atoms with Gasteiger partial charge in [0.25, 0.3) is 0 Å². The van der Waals surface area contributed by atoms with Crippen LogP contribution in [0.3, 0.4) is 0 Å². The van der Waals surface area contributed by atoms with Crippen LogP contribution < -0.4 is 5.32 Å². The van der Waals surface area contributed by atoms with Gasteiger partial charge in [0, 0.05) is 40.4 Å². The second-order valence-corrected chi connectivity index (χ2v) is 12.1. The SMILES string of the molecule is CN(C)[C@@H]1CCN(C(=O)CC2=C(C(=O)O)[C@H](c3c(Cl)cccc3Cl)C(C(=O)O)=C(C[S@+]([O-])c3ccccc3)N2)C1. The highest BCUT2D eigenvalue weighted by Crippen LogP contribution is 2.45. The molecule has 2 heterocycles. The van der Waals surface area contributed by atoms with Crippen molar-refractivity contribution in [2.45, 2.75) is 29.7 Å². The molecule has 9 nitrogen and oxygen atoms in total. The van der Waals surface area contributed by atoms with E-state index in [2.05, 4.69) is 5.32 Å². The van der Waals surface area contributed by atoms with Crippen molar-refractivity contribution in [2.24, 2.45) is 0 Å². The molecule has 0 aliphatic carbocycles. The maximum atomic E-state index is 13.4. The first-order valence-electron chi connectivity index (χ1n) is 12.5. The number of amides is 1. The van der Waals surface area contributed by atoms with Crippen LogP contribution in [0.2, 0.25) is 10.0 Å². The molecule has 0 bridgehead atoms. The Balaban J connectivity index is 1.83. The lowest BCUT2D eigenvalue weighted by molar-refractivity contribution is -0.133. The minimum atomic E-state index is -1.68. The molecule has 4 rings (SSSR count). The molecule has 0 unspecified atom stereocenters. The van der Waals surface area contributed by atoms with Crippen molar-refractivity contribution in [1.82, 2.24) is 15.1 Å². The second-order valence-electron chi connectivity index (χ2n) is 9.81. The monoisotopic (exact) mass is 605 g/mol. The molecule has 2 aromatic carbocycles. The lowest BCUT2D eigenvalue weighted by Gasteiger charge is -2.32. The number of nitrogens with one attached hydrogen (secondary N) is 1. The molecule has 3 atom stereocenters. The molecule has 3 N–H and O–H groups in total. The molecule has 2 aromatic rings. The fourth-order valence-electron chi connectivity index (χ4n) is 5.08. The van der Waals surface area contributed by atoms with Gasteiger partial charge in [0.05, 0.1) is 29.2 Å². The number of nitrogens with zero attached hydrogens (tertiary/aromatic N) is 2. The summed E-state index contributed by atoms with van der Waals surface area (Å²) in [6.45, 7) is 1.00. The molecule has 2 aliphatic rings. The standard InChI is InChI=1S/C28H29Cl2N3O6S/c1-32(2)16-11-12-33(14-16)22(34)13-20-24(27(35)36)26(23-18(29)9-6-10-19(23)30)25(28(37)38)21(31-20)15-40(39)17-7-4-3-5-8-17/h3-10,16,26,31H,11-15H2,1-2H3,(H,35,36)(H,37,38)/t16-,26+,40+/m1/s1. The van der Waals surface area contributed by atoms with Crippen LogP contribution in [0, 0.1) is 0 Å². The Morgan fingerprint density at radius 3 is 2.15 bits per heavy atom. The number of aliphatic carboxylic acids is 2. The lowest BCUT2D eigenvalue weighted by Crippen LogP contribution is -2.39. The molecule has 12 heteroatoms. The highest BCUT2D eigenvalue weighted by Gasteiger charge is 2.42. The predicted octanol–water partition coefficient (Wildman–Crippen LogP) is 3.72. The van der Waals surface area contributed by atoms with Crippen molar-refractivity contribution < 1.29 is 29.1 Å². The normalized spacial score (nSPS) is 20.1. The molecule has 40 heavy (non-hydrogen) atoms. The summed E-state index contributed by atoms with van der Waals surface area (Å²) < 4.78 is 13.3. The van der Waals surface area contributed by atoms with Gasteiger partial charge in [-0.3, -0.25) is 4.79 Å². The van der Waals surface area contributed by atoms with Gasteiger partial charge in [-0.2, -0.15) is 0 Å². The van der Waals surface area contributed by atoms with Crippen molar-refractivity contribution in [1.29, 1.82) is 0 Å². The number of likely N-dealkylation sites (tertiary alicyclic amines) is 1. The summed E-state index contributed by atoms with van der Waals surface area (Å²) in [6, 6.07) is 13.2. The van der Waals surface area contributed by atoms with Gasteiger partial charge in [0.1, 0.15) is 0 Å². The van der Waals surface area contributed by atoms with Crippen LogP contribution in [0.25, 0.3) is 0 Å². The first kappa shape index (κ1) is 30.0. The van der Waals surface area contributed by atoms with E-state index in [1.54, 1.807) is 41.3 Å². The summed E-state index contributed by atoms with van der Waals surface area (Å²) in [4.78, 5) is 43.0. The second kappa shape index (κ2) is 12.7. The van der Waals surface area contributed by atoms with Gasteiger partial charge in [-0.05, 0) is 56.0 Å². The van der Waals surface area contributed by atoms with Crippen LogP contribution in [0.4, 0.5) is 0 Å². The summed E-state index contributed by atoms with van der Waals surface area (Å²) in [5.41, 5.74) is -0.572. The number of dihydropyridines is 1. The smallest absolute Gasteiger partial charge is 0.334 e.